The first-order chi connectivity index (χ1) is 8.13. The lowest BCUT2D eigenvalue weighted by Gasteiger charge is -2.41. The van der Waals surface area contributed by atoms with E-state index in [1.807, 2.05) is 0 Å². The highest BCUT2D eigenvalue weighted by Gasteiger charge is 2.36. The Morgan fingerprint density at radius 2 is 2.00 bits per heavy atom. The minimum atomic E-state index is -0.326. The van der Waals surface area contributed by atoms with Crippen molar-refractivity contribution in [3.8, 4) is 0 Å². The Morgan fingerprint density at radius 1 is 1.35 bits per heavy atom. The lowest BCUT2D eigenvalue weighted by molar-refractivity contribution is 0.190. The van der Waals surface area contributed by atoms with Gasteiger partial charge in [0.05, 0.1) is 5.54 Å². The van der Waals surface area contributed by atoms with E-state index in [-0.39, 0.29) is 17.4 Å². The zero-order valence-corrected chi connectivity index (χ0v) is 9.50. The zero-order chi connectivity index (χ0) is 12.3. The van der Waals surface area contributed by atoms with Crippen molar-refractivity contribution in [3.05, 3.63) is 30.1 Å². The first-order valence-corrected chi connectivity index (χ1v) is 5.68. The van der Waals surface area contributed by atoms with Gasteiger partial charge in [0, 0.05) is 12.2 Å². The van der Waals surface area contributed by atoms with Gasteiger partial charge in [-0.1, -0.05) is 0 Å². The molecule has 0 atom stereocenters. The van der Waals surface area contributed by atoms with Gasteiger partial charge in [-0.15, -0.1) is 0 Å². The Balaban J connectivity index is 1.91. The number of carbonyl (C=O) groups is 1. The van der Waals surface area contributed by atoms with Gasteiger partial charge in [0.1, 0.15) is 5.82 Å². The molecule has 17 heavy (non-hydrogen) atoms. The molecule has 0 unspecified atom stereocenters. The molecule has 0 radical (unpaired) electrons. The summed E-state index contributed by atoms with van der Waals surface area (Å²) in [5, 5.41) is 5.53. The molecule has 92 valence electrons. The number of carbonyl (C=O) groups excluding carboxylic acids is 1. The molecule has 0 spiro atoms. The summed E-state index contributed by atoms with van der Waals surface area (Å²) in [6.45, 7) is 0.448. The molecule has 2 rings (SSSR count). The number of halogens is 1. The Kier molecular flexibility index (Phi) is 3.28. The molecule has 2 amide bonds. The molecule has 4 nitrogen and oxygen atoms in total. The molecule has 1 fully saturated rings. The van der Waals surface area contributed by atoms with Crippen molar-refractivity contribution >= 4 is 11.7 Å². The van der Waals surface area contributed by atoms with Crippen molar-refractivity contribution in [1.29, 1.82) is 0 Å². The van der Waals surface area contributed by atoms with Crippen molar-refractivity contribution in [2.75, 3.05) is 11.9 Å². The summed E-state index contributed by atoms with van der Waals surface area (Å²) in [5.74, 6) is -0.326. The summed E-state index contributed by atoms with van der Waals surface area (Å²) >= 11 is 0. The van der Waals surface area contributed by atoms with Crippen LogP contribution in [-0.2, 0) is 0 Å². The highest BCUT2D eigenvalue weighted by molar-refractivity contribution is 5.89. The van der Waals surface area contributed by atoms with E-state index < -0.39 is 0 Å². The standard InChI is InChI=1S/C12H16FN3O/c13-9-2-4-10(5-3-9)15-11(17)16-12(8-14)6-1-7-12/h2-5H,1,6-8,14H2,(H2,15,16,17). The molecule has 4 N–H and O–H groups in total. The van der Waals surface area contributed by atoms with Crippen LogP contribution >= 0.6 is 0 Å². The minimum Gasteiger partial charge on any atom is -0.331 e. The molecule has 1 saturated carbocycles. The molecule has 5 heteroatoms. The van der Waals surface area contributed by atoms with Gasteiger partial charge in [-0.2, -0.15) is 0 Å². The molecule has 1 aromatic carbocycles. The van der Waals surface area contributed by atoms with Crippen LogP contribution in [0.25, 0.3) is 0 Å². The average Bonchev–Trinajstić information content (AvgIpc) is 2.27. The minimum absolute atomic E-state index is 0.246. The van der Waals surface area contributed by atoms with Crippen LogP contribution in [0.5, 0.6) is 0 Å². The molecular formula is C12H16FN3O. The molecule has 0 bridgehead atoms. The van der Waals surface area contributed by atoms with Gasteiger partial charge in [-0.3, -0.25) is 0 Å². The first kappa shape index (κ1) is 11.9. The fourth-order valence-electron chi connectivity index (χ4n) is 1.92. The van der Waals surface area contributed by atoms with Gasteiger partial charge < -0.3 is 16.4 Å². The SMILES string of the molecule is NCC1(NC(=O)Nc2ccc(F)cc2)CCC1. The zero-order valence-electron chi connectivity index (χ0n) is 9.50. The lowest BCUT2D eigenvalue weighted by Crippen LogP contribution is -2.59. The van der Waals surface area contributed by atoms with E-state index in [9.17, 15) is 9.18 Å². The van der Waals surface area contributed by atoms with Gasteiger partial charge in [0.15, 0.2) is 0 Å². The average molecular weight is 237 g/mol. The van der Waals surface area contributed by atoms with Crippen molar-refractivity contribution in [3.63, 3.8) is 0 Å². The lowest BCUT2D eigenvalue weighted by atomic mass is 9.77. The van der Waals surface area contributed by atoms with Crippen molar-refractivity contribution in [2.24, 2.45) is 5.73 Å². The van der Waals surface area contributed by atoms with Crippen molar-refractivity contribution in [1.82, 2.24) is 5.32 Å². The number of benzene rings is 1. The highest BCUT2D eigenvalue weighted by atomic mass is 19.1. The van der Waals surface area contributed by atoms with Crippen LogP contribution in [0, 0.1) is 5.82 Å². The monoisotopic (exact) mass is 237 g/mol. The number of nitrogens with two attached hydrogens (primary N) is 1. The maximum Gasteiger partial charge on any atom is 0.319 e. The van der Waals surface area contributed by atoms with Gasteiger partial charge >= 0.3 is 6.03 Å². The number of rotatable bonds is 3. The fourth-order valence-corrected chi connectivity index (χ4v) is 1.92. The topological polar surface area (TPSA) is 67.1 Å². The maximum absolute atomic E-state index is 12.7. The Hall–Kier alpha value is -1.62. The van der Waals surface area contributed by atoms with E-state index in [2.05, 4.69) is 10.6 Å². The van der Waals surface area contributed by atoms with Crippen LogP contribution in [-0.4, -0.2) is 18.1 Å². The second-order valence-electron chi connectivity index (χ2n) is 4.42. The van der Waals surface area contributed by atoms with E-state index in [1.54, 1.807) is 0 Å². The summed E-state index contributed by atoms with van der Waals surface area (Å²) in [7, 11) is 0. The Labute approximate surface area is 99.4 Å². The van der Waals surface area contributed by atoms with Crippen molar-refractivity contribution < 1.29 is 9.18 Å². The molecule has 1 aromatic rings. The predicted molar refractivity (Wildman–Crippen MR) is 64.2 cm³/mol. The highest BCUT2D eigenvalue weighted by Crippen LogP contribution is 2.30. The largest absolute Gasteiger partial charge is 0.331 e. The Morgan fingerprint density at radius 3 is 2.47 bits per heavy atom. The van der Waals surface area contributed by atoms with Crippen LogP contribution in [0.2, 0.25) is 0 Å². The van der Waals surface area contributed by atoms with E-state index >= 15 is 0 Å². The van der Waals surface area contributed by atoms with Crippen LogP contribution in [0.1, 0.15) is 19.3 Å². The van der Waals surface area contributed by atoms with Gasteiger partial charge in [0.2, 0.25) is 0 Å². The van der Waals surface area contributed by atoms with Crippen LogP contribution in [0.3, 0.4) is 0 Å². The summed E-state index contributed by atoms with van der Waals surface area (Å²) in [5.41, 5.74) is 5.96. The number of hydrogen-bond acceptors (Lipinski definition) is 2. The predicted octanol–water partition coefficient (Wildman–Crippen LogP) is 1.83. The second-order valence-corrected chi connectivity index (χ2v) is 4.42. The number of amides is 2. The number of anilines is 1. The van der Waals surface area contributed by atoms with Gasteiger partial charge in [-0.05, 0) is 43.5 Å². The van der Waals surface area contributed by atoms with Crippen molar-refractivity contribution in [2.45, 2.75) is 24.8 Å². The van der Waals surface area contributed by atoms with Gasteiger partial charge in [-0.25, -0.2) is 9.18 Å². The molecule has 1 aliphatic carbocycles. The molecule has 1 aliphatic rings. The first-order valence-electron chi connectivity index (χ1n) is 5.68. The van der Waals surface area contributed by atoms with E-state index in [0.717, 1.165) is 19.3 Å². The Bertz CT molecular complexity index is 395. The normalized spacial score (nSPS) is 17.1. The van der Waals surface area contributed by atoms with Crippen LogP contribution < -0.4 is 16.4 Å². The van der Waals surface area contributed by atoms with Gasteiger partial charge in [0.25, 0.3) is 0 Å². The summed E-state index contributed by atoms with van der Waals surface area (Å²) in [4.78, 5) is 11.7. The molecular weight excluding hydrogens is 221 g/mol. The van der Waals surface area contributed by atoms with Crippen LogP contribution in [0.15, 0.2) is 24.3 Å². The quantitative estimate of drug-likeness (QED) is 0.750. The summed E-state index contributed by atoms with van der Waals surface area (Å²) in [6, 6.07) is 5.35. The second kappa shape index (κ2) is 4.71. The maximum atomic E-state index is 12.7. The third kappa shape index (κ3) is 2.74. The summed E-state index contributed by atoms with van der Waals surface area (Å²) < 4.78 is 12.7. The molecule has 0 saturated heterocycles. The number of urea groups is 1. The third-order valence-corrected chi connectivity index (χ3v) is 3.18. The summed E-state index contributed by atoms with van der Waals surface area (Å²) in [6.07, 6.45) is 2.93. The van der Waals surface area contributed by atoms with E-state index in [1.165, 1.54) is 24.3 Å². The number of hydrogen-bond donors (Lipinski definition) is 3. The smallest absolute Gasteiger partial charge is 0.319 e. The molecule has 0 aromatic heterocycles. The van der Waals surface area contributed by atoms with E-state index in [4.69, 9.17) is 5.73 Å². The van der Waals surface area contributed by atoms with E-state index in [0.29, 0.717) is 12.2 Å². The number of nitrogens with one attached hydrogen (secondary N) is 2. The van der Waals surface area contributed by atoms with Crippen LogP contribution in [0.4, 0.5) is 14.9 Å². The molecule has 0 aliphatic heterocycles. The third-order valence-electron chi connectivity index (χ3n) is 3.18. The molecule has 0 heterocycles. The fraction of sp³-hybridized carbons (Fsp3) is 0.417.